The van der Waals surface area contributed by atoms with Crippen LogP contribution >= 0.6 is 0 Å². The Balaban J connectivity index is 2.89. The Labute approximate surface area is 133 Å². The molecule has 0 radical (unpaired) electrons. The van der Waals surface area contributed by atoms with Crippen LogP contribution < -0.4 is 10.0 Å². The molecule has 5 nitrogen and oxygen atoms in total. The molecular formula is C16H26N2O3S. The van der Waals surface area contributed by atoms with Crippen molar-refractivity contribution >= 4 is 16.1 Å². The van der Waals surface area contributed by atoms with Gasteiger partial charge in [-0.2, -0.15) is 0 Å². The van der Waals surface area contributed by atoms with Gasteiger partial charge in [0.15, 0.2) is 0 Å². The second kappa shape index (κ2) is 6.28. The molecule has 0 spiro atoms. The lowest BCUT2D eigenvalue weighted by Crippen LogP contribution is -2.49. The summed E-state index contributed by atoms with van der Waals surface area (Å²) in [6.07, 6.45) is 0.695. The van der Waals surface area contributed by atoms with E-state index in [1.807, 2.05) is 25.5 Å². The Morgan fingerprint density at radius 3 is 1.95 bits per heavy atom. The van der Waals surface area contributed by atoms with Crippen LogP contribution in [0.1, 0.15) is 53.5 Å². The van der Waals surface area contributed by atoms with Crippen LogP contribution in [0.4, 0.5) is 4.79 Å². The van der Waals surface area contributed by atoms with Gasteiger partial charge in [0, 0.05) is 5.54 Å². The molecular weight excluding hydrogens is 300 g/mol. The molecule has 0 saturated heterocycles. The standard InChI is InChI=1S/C16H26N2O3S/c1-7-16(5,6)17-14(19)18-22(20,21)13-10-8-12(9-11-13)15(2,3)4/h8-11H,7H2,1-6H3,(H2,17,18,19). The normalized spacial score (nSPS) is 12.8. The molecule has 0 saturated carbocycles. The van der Waals surface area contributed by atoms with Crippen molar-refractivity contribution in [1.82, 2.24) is 10.0 Å². The predicted molar refractivity (Wildman–Crippen MR) is 88.4 cm³/mol. The second-order valence-electron chi connectivity index (χ2n) is 7.07. The molecule has 0 heterocycles. The fourth-order valence-corrected chi connectivity index (χ4v) is 2.64. The van der Waals surface area contributed by atoms with E-state index in [1.165, 1.54) is 12.1 Å². The Morgan fingerprint density at radius 1 is 1.05 bits per heavy atom. The van der Waals surface area contributed by atoms with Crippen LogP contribution in [0.15, 0.2) is 29.2 Å². The minimum atomic E-state index is -3.86. The van der Waals surface area contributed by atoms with Gasteiger partial charge in [-0.05, 0) is 43.4 Å². The van der Waals surface area contributed by atoms with Gasteiger partial charge < -0.3 is 5.32 Å². The number of hydrogen-bond donors (Lipinski definition) is 2. The monoisotopic (exact) mass is 326 g/mol. The lowest BCUT2D eigenvalue weighted by Gasteiger charge is -2.24. The van der Waals surface area contributed by atoms with E-state index in [9.17, 15) is 13.2 Å². The van der Waals surface area contributed by atoms with Gasteiger partial charge in [-0.25, -0.2) is 17.9 Å². The van der Waals surface area contributed by atoms with Crippen LogP contribution in [-0.4, -0.2) is 20.0 Å². The topological polar surface area (TPSA) is 75.3 Å². The smallest absolute Gasteiger partial charge is 0.329 e. The summed E-state index contributed by atoms with van der Waals surface area (Å²) in [4.78, 5) is 11.9. The van der Waals surface area contributed by atoms with Crippen molar-refractivity contribution in [1.29, 1.82) is 0 Å². The molecule has 0 aliphatic heterocycles. The molecule has 1 aromatic carbocycles. The van der Waals surface area contributed by atoms with Crippen LogP contribution in [0.2, 0.25) is 0 Å². The number of amides is 2. The van der Waals surface area contributed by atoms with Gasteiger partial charge in [-0.1, -0.05) is 39.8 Å². The number of carbonyl (C=O) groups is 1. The van der Waals surface area contributed by atoms with Crippen molar-refractivity contribution in [2.75, 3.05) is 0 Å². The van der Waals surface area contributed by atoms with E-state index in [1.54, 1.807) is 12.1 Å². The molecule has 22 heavy (non-hydrogen) atoms. The van der Waals surface area contributed by atoms with E-state index < -0.39 is 21.6 Å². The van der Waals surface area contributed by atoms with Crippen molar-refractivity contribution in [3.05, 3.63) is 29.8 Å². The summed E-state index contributed by atoms with van der Waals surface area (Å²) in [5.41, 5.74) is 0.511. The van der Waals surface area contributed by atoms with E-state index in [0.29, 0.717) is 6.42 Å². The first-order chi connectivity index (χ1) is 9.87. The number of rotatable bonds is 4. The van der Waals surface area contributed by atoms with E-state index in [2.05, 4.69) is 26.1 Å². The number of hydrogen-bond acceptors (Lipinski definition) is 3. The molecule has 0 aromatic heterocycles. The lowest BCUT2D eigenvalue weighted by atomic mass is 9.87. The Hall–Kier alpha value is -1.56. The zero-order valence-electron chi connectivity index (χ0n) is 14.1. The highest BCUT2D eigenvalue weighted by molar-refractivity contribution is 7.90. The van der Waals surface area contributed by atoms with Gasteiger partial charge in [0.2, 0.25) is 0 Å². The molecule has 0 bridgehead atoms. The third-order valence-corrected chi connectivity index (χ3v) is 4.94. The van der Waals surface area contributed by atoms with Crippen LogP contribution in [-0.2, 0) is 15.4 Å². The van der Waals surface area contributed by atoms with E-state index in [0.717, 1.165) is 5.56 Å². The quantitative estimate of drug-likeness (QED) is 0.892. The molecule has 0 aliphatic rings. The van der Waals surface area contributed by atoms with Gasteiger partial charge >= 0.3 is 6.03 Å². The van der Waals surface area contributed by atoms with Crippen LogP contribution in [0.25, 0.3) is 0 Å². The summed E-state index contributed by atoms with van der Waals surface area (Å²) >= 11 is 0. The fourth-order valence-electron chi connectivity index (χ4n) is 1.74. The molecule has 1 rings (SSSR count). The summed E-state index contributed by atoms with van der Waals surface area (Å²) in [5, 5.41) is 2.64. The number of urea groups is 1. The maximum atomic E-state index is 12.2. The molecule has 0 aliphatic carbocycles. The third-order valence-electron chi connectivity index (χ3n) is 3.59. The van der Waals surface area contributed by atoms with Gasteiger partial charge in [-0.15, -0.1) is 0 Å². The van der Waals surface area contributed by atoms with Gasteiger partial charge in [0.1, 0.15) is 0 Å². The number of benzene rings is 1. The molecule has 124 valence electrons. The number of carbonyl (C=O) groups excluding carboxylic acids is 1. The summed E-state index contributed by atoms with van der Waals surface area (Å²) in [6.45, 7) is 11.7. The highest BCUT2D eigenvalue weighted by atomic mass is 32.2. The van der Waals surface area contributed by atoms with E-state index in [-0.39, 0.29) is 10.3 Å². The average Bonchev–Trinajstić information content (AvgIpc) is 2.36. The van der Waals surface area contributed by atoms with Crippen molar-refractivity contribution in [3.63, 3.8) is 0 Å². The Bertz CT molecular complexity index is 626. The summed E-state index contributed by atoms with van der Waals surface area (Å²) in [6, 6.07) is 5.85. The first kappa shape index (κ1) is 18.5. The van der Waals surface area contributed by atoms with Crippen LogP contribution in [0.5, 0.6) is 0 Å². The van der Waals surface area contributed by atoms with Crippen molar-refractivity contribution in [2.24, 2.45) is 0 Å². The molecule has 0 unspecified atom stereocenters. The first-order valence-electron chi connectivity index (χ1n) is 7.33. The fraction of sp³-hybridized carbons (Fsp3) is 0.562. The molecule has 2 N–H and O–H groups in total. The Morgan fingerprint density at radius 2 is 1.55 bits per heavy atom. The van der Waals surface area contributed by atoms with Crippen molar-refractivity contribution in [2.45, 2.75) is 63.8 Å². The Kier molecular flexibility index (Phi) is 5.28. The highest BCUT2D eigenvalue weighted by Crippen LogP contribution is 2.23. The van der Waals surface area contributed by atoms with E-state index >= 15 is 0 Å². The minimum Gasteiger partial charge on any atom is -0.332 e. The van der Waals surface area contributed by atoms with Gasteiger partial charge in [-0.3, -0.25) is 0 Å². The van der Waals surface area contributed by atoms with Crippen LogP contribution in [0.3, 0.4) is 0 Å². The highest BCUT2D eigenvalue weighted by Gasteiger charge is 2.23. The number of sulfonamides is 1. The maximum absolute atomic E-state index is 12.2. The van der Waals surface area contributed by atoms with Crippen LogP contribution in [0, 0.1) is 0 Å². The molecule has 0 fully saturated rings. The summed E-state index contributed by atoms with van der Waals surface area (Å²) in [7, 11) is -3.86. The summed E-state index contributed by atoms with van der Waals surface area (Å²) in [5.74, 6) is 0. The molecule has 2 amide bonds. The second-order valence-corrected chi connectivity index (χ2v) is 8.75. The largest absolute Gasteiger partial charge is 0.332 e. The molecule has 1 aromatic rings. The first-order valence-corrected chi connectivity index (χ1v) is 8.81. The molecule has 0 atom stereocenters. The van der Waals surface area contributed by atoms with Crippen molar-refractivity contribution in [3.8, 4) is 0 Å². The average molecular weight is 326 g/mol. The zero-order chi connectivity index (χ0) is 17.2. The third kappa shape index (κ3) is 5.02. The summed E-state index contributed by atoms with van der Waals surface area (Å²) < 4.78 is 26.5. The maximum Gasteiger partial charge on any atom is 0.329 e. The molecule has 6 heteroatoms. The lowest BCUT2D eigenvalue weighted by molar-refractivity contribution is 0.234. The zero-order valence-corrected chi connectivity index (χ0v) is 15.0. The number of nitrogens with one attached hydrogen (secondary N) is 2. The van der Waals surface area contributed by atoms with Crippen molar-refractivity contribution < 1.29 is 13.2 Å². The van der Waals surface area contributed by atoms with E-state index in [4.69, 9.17) is 0 Å². The predicted octanol–water partition coefficient (Wildman–Crippen LogP) is 3.16. The SMILES string of the molecule is CCC(C)(C)NC(=O)NS(=O)(=O)c1ccc(C(C)(C)C)cc1. The van der Waals surface area contributed by atoms with Gasteiger partial charge in [0.25, 0.3) is 10.0 Å². The minimum absolute atomic E-state index is 0.0573. The van der Waals surface area contributed by atoms with Gasteiger partial charge in [0.05, 0.1) is 4.90 Å².